The molecule has 5 nitrogen and oxygen atoms in total. The van der Waals surface area contributed by atoms with Crippen molar-refractivity contribution in [3.8, 4) is 17.2 Å². The predicted octanol–water partition coefficient (Wildman–Crippen LogP) is 3.24. The monoisotopic (exact) mass is 302 g/mol. The van der Waals surface area contributed by atoms with Gasteiger partial charge in [-0.3, -0.25) is 0 Å². The third kappa shape index (κ3) is 4.41. The third-order valence-corrected chi connectivity index (χ3v) is 2.86. The van der Waals surface area contributed by atoms with Crippen LogP contribution in [-0.2, 0) is 0 Å². The first-order chi connectivity index (χ1) is 10.7. The highest BCUT2D eigenvalue weighted by Crippen LogP contribution is 2.19. The summed E-state index contributed by atoms with van der Waals surface area (Å²) in [6, 6.07) is 13.8. The zero-order valence-electron chi connectivity index (χ0n) is 12.3. The molecule has 0 aliphatic heterocycles. The first-order valence-electron chi connectivity index (χ1n) is 7.01. The van der Waals surface area contributed by atoms with Crippen molar-refractivity contribution >= 4 is 5.97 Å². The van der Waals surface area contributed by atoms with E-state index in [9.17, 15) is 4.79 Å². The summed E-state index contributed by atoms with van der Waals surface area (Å²) in [5.41, 5.74) is 0.142. The van der Waals surface area contributed by atoms with Crippen LogP contribution < -0.4 is 14.2 Å². The van der Waals surface area contributed by atoms with Gasteiger partial charge in [0.05, 0.1) is 6.61 Å². The standard InChI is InChI=1S/C17H18O5/c1-2-20-13-7-9-14(10-8-13)21-11-12-22-16-6-4-3-5-15(16)17(18)19/h3-10H,2,11-12H2,1H3,(H,18,19). The van der Waals surface area contributed by atoms with Gasteiger partial charge in [-0.1, -0.05) is 12.1 Å². The summed E-state index contributed by atoms with van der Waals surface area (Å²) in [4.78, 5) is 11.0. The molecule has 0 atom stereocenters. The van der Waals surface area contributed by atoms with Gasteiger partial charge in [0.2, 0.25) is 0 Å². The van der Waals surface area contributed by atoms with Crippen LogP contribution in [0.1, 0.15) is 17.3 Å². The lowest BCUT2D eigenvalue weighted by atomic mass is 10.2. The summed E-state index contributed by atoms with van der Waals surface area (Å²) in [6.07, 6.45) is 0. The number of para-hydroxylation sites is 1. The summed E-state index contributed by atoms with van der Waals surface area (Å²) in [6.45, 7) is 3.13. The van der Waals surface area contributed by atoms with Gasteiger partial charge in [-0.2, -0.15) is 0 Å². The van der Waals surface area contributed by atoms with Crippen molar-refractivity contribution in [2.45, 2.75) is 6.92 Å². The fourth-order valence-electron chi connectivity index (χ4n) is 1.88. The zero-order valence-corrected chi connectivity index (χ0v) is 12.3. The van der Waals surface area contributed by atoms with Gasteiger partial charge < -0.3 is 19.3 Å². The summed E-state index contributed by atoms with van der Waals surface area (Å²) in [5.74, 6) is 0.827. The number of carboxylic acid groups (broad SMARTS) is 1. The normalized spacial score (nSPS) is 10.0. The van der Waals surface area contributed by atoms with E-state index in [1.807, 2.05) is 31.2 Å². The van der Waals surface area contributed by atoms with Crippen LogP contribution in [0.4, 0.5) is 0 Å². The third-order valence-electron chi connectivity index (χ3n) is 2.86. The van der Waals surface area contributed by atoms with Crippen molar-refractivity contribution in [1.82, 2.24) is 0 Å². The van der Waals surface area contributed by atoms with E-state index < -0.39 is 5.97 Å². The molecule has 2 aromatic rings. The van der Waals surface area contributed by atoms with Crippen molar-refractivity contribution in [3.63, 3.8) is 0 Å². The molecule has 1 N–H and O–H groups in total. The van der Waals surface area contributed by atoms with Crippen molar-refractivity contribution in [2.75, 3.05) is 19.8 Å². The molecule has 116 valence electrons. The molecule has 0 aromatic heterocycles. The topological polar surface area (TPSA) is 65.0 Å². The van der Waals surface area contributed by atoms with E-state index in [4.69, 9.17) is 19.3 Å². The van der Waals surface area contributed by atoms with Gasteiger partial charge in [0.1, 0.15) is 36.0 Å². The van der Waals surface area contributed by atoms with Crippen molar-refractivity contribution in [1.29, 1.82) is 0 Å². The first-order valence-corrected chi connectivity index (χ1v) is 7.01. The Bertz CT molecular complexity index is 607. The van der Waals surface area contributed by atoms with Gasteiger partial charge in [-0.15, -0.1) is 0 Å². The van der Waals surface area contributed by atoms with E-state index in [2.05, 4.69) is 0 Å². The van der Waals surface area contributed by atoms with Crippen LogP contribution in [0.2, 0.25) is 0 Å². The number of aromatic carboxylic acids is 1. The van der Waals surface area contributed by atoms with Gasteiger partial charge in [-0.05, 0) is 43.3 Å². The number of rotatable bonds is 8. The van der Waals surface area contributed by atoms with Crippen LogP contribution in [-0.4, -0.2) is 30.9 Å². The maximum absolute atomic E-state index is 11.0. The Labute approximate surface area is 129 Å². The summed E-state index contributed by atoms with van der Waals surface area (Å²) >= 11 is 0. The van der Waals surface area contributed by atoms with E-state index in [1.54, 1.807) is 18.2 Å². The minimum atomic E-state index is -1.01. The molecule has 0 bridgehead atoms. The molecule has 0 fully saturated rings. The molecule has 5 heteroatoms. The number of carbonyl (C=O) groups is 1. The molecule has 2 aromatic carbocycles. The van der Waals surface area contributed by atoms with Crippen LogP contribution in [0.25, 0.3) is 0 Å². The molecule has 2 rings (SSSR count). The van der Waals surface area contributed by atoms with Crippen LogP contribution in [0, 0.1) is 0 Å². The Hall–Kier alpha value is -2.69. The Balaban J connectivity index is 1.81. The highest BCUT2D eigenvalue weighted by Gasteiger charge is 2.09. The second kappa shape index (κ2) is 7.93. The first kappa shape index (κ1) is 15.7. The molecule has 0 unspecified atom stereocenters. The Kier molecular flexibility index (Phi) is 5.65. The molecular weight excluding hydrogens is 284 g/mol. The lowest BCUT2D eigenvalue weighted by Gasteiger charge is -2.10. The molecule has 0 spiro atoms. The van der Waals surface area contributed by atoms with Crippen LogP contribution in [0.3, 0.4) is 0 Å². The molecular formula is C17H18O5. The Morgan fingerprint density at radius 1 is 0.909 bits per heavy atom. The molecule has 0 amide bonds. The fraction of sp³-hybridized carbons (Fsp3) is 0.235. The quantitative estimate of drug-likeness (QED) is 0.758. The van der Waals surface area contributed by atoms with Crippen molar-refractivity contribution in [2.24, 2.45) is 0 Å². The van der Waals surface area contributed by atoms with E-state index in [0.29, 0.717) is 24.7 Å². The number of hydrogen-bond donors (Lipinski definition) is 1. The van der Waals surface area contributed by atoms with E-state index in [0.717, 1.165) is 5.75 Å². The minimum Gasteiger partial charge on any atom is -0.494 e. The Morgan fingerprint density at radius 2 is 1.50 bits per heavy atom. The minimum absolute atomic E-state index is 0.142. The van der Waals surface area contributed by atoms with Crippen LogP contribution in [0.5, 0.6) is 17.2 Å². The Morgan fingerprint density at radius 3 is 2.14 bits per heavy atom. The van der Waals surface area contributed by atoms with Crippen LogP contribution in [0.15, 0.2) is 48.5 Å². The second-order valence-electron chi connectivity index (χ2n) is 4.40. The molecule has 0 aliphatic rings. The maximum Gasteiger partial charge on any atom is 0.339 e. The summed E-state index contributed by atoms with van der Waals surface area (Å²) in [5, 5.41) is 9.05. The van der Waals surface area contributed by atoms with E-state index in [1.165, 1.54) is 6.07 Å². The lowest BCUT2D eigenvalue weighted by molar-refractivity contribution is 0.0691. The summed E-state index contributed by atoms with van der Waals surface area (Å²) < 4.78 is 16.3. The highest BCUT2D eigenvalue weighted by molar-refractivity contribution is 5.90. The molecule has 0 heterocycles. The number of benzene rings is 2. The number of hydrogen-bond acceptors (Lipinski definition) is 4. The SMILES string of the molecule is CCOc1ccc(OCCOc2ccccc2C(=O)O)cc1. The van der Waals surface area contributed by atoms with Gasteiger partial charge in [-0.25, -0.2) is 4.79 Å². The number of carboxylic acids is 1. The maximum atomic E-state index is 11.0. The van der Waals surface area contributed by atoms with Gasteiger partial charge in [0.25, 0.3) is 0 Å². The molecule has 0 radical (unpaired) electrons. The van der Waals surface area contributed by atoms with Crippen LogP contribution >= 0.6 is 0 Å². The lowest BCUT2D eigenvalue weighted by Crippen LogP contribution is -2.11. The summed E-state index contributed by atoms with van der Waals surface area (Å²) in [7, 11) is 0. The smallest absolute Gasteiger partial charge is 0.339 e. The predicted molar refractivity (Wildman–Crippen MR) is 82.0 cm³/mol. The van der Waals surface area contributed by atoms with Gasteiger partial charge in [0.15, 0.2) is 0 Å². The average molecular weight is 302 g/mol. The van der Waals surface area contributed by atoms with Gasteiger partial charge >= 0.3 is 5.97 Å². The van der Waals surface area contributed by atoms with Gasteiger partial charge in [0, 0.05) is 0 Å². The second-order valence-corrected chi connectivity index (χ2v) is 4.40. The molecule has 22 heavy (non-hydrogen) atoms. The van der Waals surface area contributed by atoms with E-state index in [-0.39, 0.29) is 12.2 Å². The fourth-order valence-corrected chi connectivity index (χ4v) is 1.88. The van der Waals surface area contributed by atoms with Crippen molar-refractivity contribution in [3.05, 3.63) is 54.1 Å². The van der Waals surface area contributed by atoms with Crippen molar-refractivity contribution < 1.29 is 24.1 Å². The molecule has 0 aliphatic carbocycles. The average Bonchev–Trinajstić information content (AvgIpc) is 2.53. The highest BCUT2D eigenvalue weighted by atomic mass is 16.5. The molecule has 0 saturated heterocycles. The zero-order chi connectivity index (χ0) is 15.8. The van der Waals surface area contributed by atoms with E-state index >= 15 is 0 Å². The number of ether oxygens (including phenoxy) is 3. The largest absolute Gasteiger partial charge is 0.494 e. The molecule has 0 saturated carbocycles.